The lowest BCUT2D eigenvalue weighted by molar-refractivity contribution is 0.0501. The van der Waals surface area contributed by atoms with Crippen LogP contribution in [0.2, 0.25) is 0 Å². The van der Waals surface area contributed by atoms with Crippen molar-refractivity contribution in [2.75, 3.05) is 18.4 Å². The van der Waals surface area contributed by atoms with Crippen LogP contribution in [0, 0.1) is 11.8 Å². The molecular formula is C33H38N8O6. The van der Waals surface area contributed by atoms with E-state index in [0.29, 0.717) is 48.3 Å². The van der Waals surface area contributed by atoms with E-state index in [-0.39, 0.29) is 29.3 Å². The largest absolute Gasteiger partial charge is 0.444 e. The van der Waals surface area contributed by atoms with Crippen molar-refractivity contribution in [3.63, 3.8) is 0 Å². The van der Waals surface area contributed by atoms with Crippen molar-refractivity contribution in [2.45, 2.75) is 78.7 Å². The molecule has 14 nitrogen and oxygen atoms in total. The van der Waals surface area contributed by atoms with Gasteiger partial charge in [0.05, 0.1) is 17.1 Å². The molecule has 1 atom stereocenters. The zero-order valence-electron chi connectivity index (χ0n) is 27.5. The molecule has 0 spiro atoms. The van der Waals surface area contributed by atoms with E-state index < -0.39 is 23.4 Å². The highest BCUT2D eigenvalue weighted by atomic mass is 16.6. The van der Waals surface area contributed by atoms with Gasteiger partial charge in [0.1, 0.15) is 22.4 Å². The number of hydrogen-bond donors (Lipinski definition) is 2. The Kier molecular flexibility index (Phi) is 9.19. The van der Waals surface area contributed by atoms with Crippen LogP contribution in [-0.4, -0.2) is 78.2 Å². The van der Waals surface area contributed by atoms with Crippen LogP contribution in [-0.2, 0) is 16.0 Å². The topological polar surface area (TPSA) is 167 Å². The number of imidazole rings is 1. The number of amides is 3. The van der Waals surface area contributed by atoms with E-state index in [1.165, 1.54) is 6.20 Å². The van der Waals surface area contributed by atoms with Gasteiger partial charge >= 0.3 is 12.2 Å². The first-order valence-corrected chi connectivity index (χ1v) is 15.3. The smallest absolute Gasteiger partial charge is 0.413 e. The first kappa shape index (κ1) is 32.9. The summed E-state index contributed by atoms with van der Waals surface area (Å²) >= 11 is 0. The molecule has 14 heteroatoms. The summed E-state index contributed by atoms with van der Waals surface area (Å²) in [4.78, 5) is 50.1. The monoisotopic (exact) mass is 642 g/mol. The van der Waals surface area contributed by atoms with Gasteiger partial charge in [-0.25, -0.2) is 24.2 Å². The normalized spacial score (nSPS) is 14.8. The predicted molar refractivity (Wildman–Crippen MR) is 172 cm³/mol. The highest BCUT2D eigenvalue weighted by molar-refractivity contribution is 6.06. The van der Waals surface area contributed by atoms with Crippen LogP contribution >= 0.6 is 0 Å². The minimum Gasteiger partial charge on any atom is -0.444 e. The number of fused-ring (bicyclic) bond motifs is 1. The molecule has 0 saturated carbocycles. The number of aryl methyl sites for hydroxylation is 1. The van der Waals surface area contributed by atoms with Crippen LogP contribution in [0.5, 0.6) is 0 Å². The summed E-state index contributed by atoms with van der Waals surface area (Å²) in [5.41, 5.74) is 1.01. The third kappa shape index (κ3) is 7.86. The second-order valence-corrected chi connectivity index (χ2v) is 13.0. The van der Waals surface area contributed by atoms with Crippen molar-refractivity contribution in [3.05, 3.63) is 53.3 Å². The fourth-order valence-electron chi connectivity index (χ4n) is 5.06. The van der Waals surface area contributed by atoms with Gasteiger partial charge in [0.15, 0.2) is 11.5 Å². The number of anilines is 1. The minimum absolute atomic E-state index is 0.00221. The number of nitrogens with one attached hydrogen (secondary N) is 2. The predicted octanol–water partition coefficient (Wildman–Crippen LogP) is 4.99. The Morgan fingerprint density at radius 1 is 1.00 bits per heavy atom. The van der Waals surface area contributed by atoms with Crippen molar-refractivity contribution in [1.29, 1.82) is 0 Å². The van der Waals surface area contributed by atoms with Crippen LogP contribution in [0.3, 0.4) is 0 Å². The summed E-state index contributed by atoms with van der Waals surface area (Å²) in [7, 11) is 0. The average molecular weight is 643 g/mol. The van der Waals surface area contributed by atoms with E-state index in [0.717, 1.165) is 5.56 Å². The van der Waals surface area contributed by atoms with E-state index in [4.69, 9.17) is 19.1 Å². The van der Waals surface area contributed by atoms with E-state index >= 15 is 0 Å². The van der Waals surface area contributed by atoms with Crippen LogP contribution in [0.25, 0.3) is 22.6 Å². The van der Waals surface area contributed by atoms with Gasteiger partial charge in [-0.3, -0.25) is 10.1 Å². The van der Waals surface area contributed by atoms with Gasteiger partial charge in [-0.15, -0.1) is 0 Å². The summed E-state index contributed by atoms with van der Waals surface area (Å²) < 4.78 is 17.6. The number of carbonyl (C=O) groups excluding carboxylic acids is 3. The summed E-state index contributed by atoms with van der Waals surface area (Å²) in [6.45, 7) is 13.6. The van der Waals surface area contributed by atoms with Crippen molar-refractivity contribution >= 4 is 34.9 Å². The number of ether oxygens (including phenoxy) is 2. The molecule has 1 saturated heterocycles. The maximum absolute atomic E-state index is 14.1. The van der Waals surface area contributed by atoms with Crippen LogP contribution in [0.15, 0.2) is 41.2 Å². The van der Waals surface area contributed by atoms with Crippen molar-refractivity contribution in [3.8, 4) is 23.4 Å². The fraction of sp³-hybridized carbons (Fsp3) is 0.424. The maximum atomic E-state index is 14.1. The van der Waals surface area contributed by atoms with Crippen LogP contribution < -0.4 is 10.6 Å². The van der Waals surface area contributed by atoms with Gasteiger partial charge in [-0.05, 0) is 83.3 Å². The number of alkyl carbamates (subject to hydrolysis) is 1. The molecule has 0 aliphatic carbocycles. The number of nitrogens with zero attached hydrogens (tertiary/aromatic N) is 6. The first-order chi connectivity index (χ1) is 22.2. The number of hydrogen-bond acceptors (Lipinski definition) is 10. The second kappa shape index (κ2) is 13.1. The molecule has 2 N–H and O–H groups in total. The van der Waals surface area contributed by atoms with E-state index in [1.807, 2.05) is 37.3 Å². The third-order valence-electron chi connectivity index (χ3n) is 6.93. The molecule has 1 aliphatic rings. The number of rotatable bonds is 5. The summed E-state index contributed by atoms with van der Waals surface area (Å²) in [5.74, 6) is 6.20. The molecule has 0 bridgehead atoms. The molecule has 1 aliphatic heterocycles. The van der Waals surface area contributed by atoms with Crippen molar-refractivity contribution in [2.24, 2.45) is 0 Å². The zero-order chi connectivity index (χ0) is 33.9. The Labute approximate surface area is 272 Å². The molecule has 1 unspecified atom stereocenters. The second-order valence-electron chi connectivity index (χ2n) is 13.0. The molecule has 246 valence electrons. The van der Waals surface area contributed by atoms with Gasteiger partial charge in [0, 0.05) is 31.4 Å². The molecule has 1 aromatic carbocycles. The van der Waals surface area contributed by atoms with Gasteiger partial charge in [-0.2, -0.15) is 0 Å². The summed E-state index contributed by atoms with van der Waals surface area (Å²) in [6.07, 6.45) is 0.773. The highest BCUT2D eigenvalue weighted by Crippen LogP contribution is 2.32. The Bertz CT molecular complexity index is 1860. The fourth-order valence-corrected chi connectivity index (χ4v) is 5.06. The van der Waals surface area contributed by atoms with Crippen LogP contribution in [0.1, 0.15) is 76.5 Å². The van der Waals surface area contributed by atoms with E-state index in [1.54, 1.807) is 51.0 Å². The van der Waals surface area contributed by atoms with Crippen molar-refractivity contribution < 1.29 is 28.5 Å². The molecular weight excluding hydrogens is 604 g/mol. The zero-order valence-corrected chi connectivity index (χ0v) is 27.5. The number of aromatic nitrogens is 5. The van der Waals surface area contributed by atoms with Gasteiger partial charge in [0.2, 0.25) is 5.82 Å². The third-order valence-corrected chi connectivity index (χ3v) is 6.93. The molecule has 1 fully saturated rings. The molecule has 0 radical (unpaired) electrons. The number of benzene rings is 1. The van der Waals surface area contributed by atoms with Crippen LogP contribution in [0.4, 0.5) is 15.4 Å². The van der Waals surface area contributed by atoms with Gasteiger partial charge in [-0.1, -0.05) is 24.1 Å². The number of pyridine rings is 1. The van der Waals surface area contributed by atoms with Crippen molar-refractivity contribution in [1.82, 2.24) is 35.1 Å². The van der Waals surface area contributed by atoms with Gasteiger partial charge < -0.3 is 24.3 Å². The Balaban J connectivity index is 1.54. The highest BCUT2D eigenvalue weighted by Gasteiger charge is 2.33. The number of carbonyl (C=O) groups is 3. The SMILES string of the molecule is CCn1c(-c2nonc2NC(=O)OC(C)(C)C)nc2c(C#Cc3ccccc3)ncc(C(=O)N3CCC(NC(=O)OC(C)(C)C)C3)c21. The molecule has 47 heavy (non-hydrogen) atoms. The lowest BCUT2D eigenvalue weighted by Gasteiger charge is -2.22. The van der Waals surface area contributed by atoms with E-state index in [9.17, 15) is 14.4 Å². The molecule has 4 aromatic rings. The molecule has 5 rings (SSSR count). The first-order valence-electron chi connectivity index (χ1n) is 15.3. The maximum Gasteiger partial charge on any atom is 0.413 e. The Hall–Kier alpha value is -5.45. The molecule has 3 amide bonds. The standard InChI is InChI=1S/C33H38N8O6/c1-8-41-26-22(29(42)40-17-16-21(19-40)35-30(43)45-32(2,3)4)18-34-23(15-14-20-12-10-9-11-13-20)24(26)36-28(41)25-27(39-47-38-25)37-31(44)46-33(5,6)7/h9-13,18,21H,8,16-17,19H2,1-7H3,(H,35,43)(H,37,39,44). The quantitative estimate of drug-likeness (QED) is 0.283. The van der Waals surface area contributed by atoms with E-state index in [2.05, 4.69) is 37.8 Å². The summed E-state index contributed by atoms with van der Waals surface area (Å²) in [5, 5.41) is 13.3. The Morgan fingerprint density at radius 2 is 1.70 bits per heavy atom. The Morgan fingerprint density at radius 3 is 2.38 bits per heavy atom. The molecule has 4 heterocycles. The molecule has 3 aromatic heterocycles. The summed E-state index contributed by atoms with van der Waals surface area (Å²) in [6, 6.07) is 9.15. The minimum atomic E-state index is -0.748. The van der Waals surface area contributed by atoms with Gasteiger partial charge in [0.25, 0.3) is 5.91 Å². The number of likely N-dealkylation sites (tertiary alicyclic amines) is 1. The lowest BCUT2D eigenvalue weighted by Crippen LogP contribution is -2.41. The lowest BCUT2D eigenvalue weighted by atomic mass is 10.1. The average Bonchev–Trinajstić information content (AvgIpc) is 3.72.